The Morgan fingerprint density at radius 1 is 1.32 bits per heavy atom. The van der Waals surface area contributed by atoms with Crippen molar-refractivity contribution in [2.75, 3.05) is 19.0 Å². The number of methoxy groups -OCH3 is 1. The molecular weight excluding hydrogens is 362 g/mol. The number of aromatic nitrogens is 3. The summed E-state index contributed by atoms with van der Waals surface area (Å²) in [5, 5.41) is 12.8. The minimum Gasteiger partial charge on any atom is -0.481 e. The van der Waals surface area contributed by atoms with Gasteiger partial charge >= 0.3 is 6.09 Å². The van der Waals surface area contributed by atoms with Gasteiger partial charge in [-0.3, -0.25) is 9.89 Å². The first-order valence-corrected chi connectivity index (χ1v) is 9.39. The van der Waals surface area contributed by atoms with Gasteiger partial charge in [-0.15, -0.1) is 0 Å². The molecule has 1 fully saturated rings. The van der Waals surface area contributed by atoms with Crippen LogP contribution in [0.2, 0.25) is 0 Å². The number of hydrogen-bond donors (Lipinski definition) is 3. The van der Waals surface area contributed by atoms with Crippen LogP contribution >= 0.6 is 0 Å². The van der Waals surface area contributed by atoms with Gasteiger partial charge in [0.15, 0.2) is 5.82 Å². The minimum atomic E-state index is -0.363. The maximum Gasteiger partial charge on any atom is 0.407 e. The molecule has 28 heavy (non-hydrogen) atoms. The third-order valence-corrected chi connectivity index (χ3v) is 4.68. The fraction of sp³-hybridized carbons (Fsp3) is 0.474. The Kier molecular flexibility index (Phi) is 6.46. The molecule has 3 rings (SSSR count). The molecule has 0 unspecified atom stereocenters. The molecule has 150 valence electrons. The van der Waals surface area contributed by atoms with Gasteiger partial charge in [-0.25, -0.2) is 9.78 Å². The van der Waals surface area contributed by atoms with Crippen LogP contribution in [-0.2, 0) is 4.74 Å². The summed E-state index contributed by atoms with van der Waals surface area (Å²) >= 11 is 0. The molecule has 3 N–H and O–H groups in total. The van der Waals surface area contributed by atoms with Crippen molar-refractivity contribution in [3.05, 3.63) is 35.7 Å². The zero-order valence-electron chi connectivity index (χ0n) is 16.0. The van der Waals surface area contributed by atoms with Gasteiger partial charge in [-0.05, 0) is 31.7 Å². The molecular formula is C19H25N5O4. The number of hydrogen-bond acceptors (Lipinski definition) is 6. The van der Waals surface area contributed by atoms with Crippen molar-refractivity contribution in [1.82, 2.24) is 20.5 Å². The fourth-order valence-electron chi connectivity index (χ4n) is 3.26. The van der Waals surface area contributed by atoms with Gasteiger partial charge in [0.25, 0.3) is 5.91 Å². The molecule has 0 radical (unpaired) electrons. The van der Waals surface area contributed by atoms with Crippen LogP contribution in [0.4, 0.5) is 10.6 Å². The van der Waals surface area contributed by atoms with Crippen molar-refractivity contribution in [1.29, 1.82) is 0 Å². The zero-order chi connectivity index (χ0) is 19.9. The lowest BCUT2D eigenvalue weighted by Crippen LogP contribution is -2.33. The standard InChI is InChI=1S/C19H25N5O4/c1-3-8-28-19(26)21-14-5-4-12(9-14)15-11-16(24-23-15)22-18(25)13-6-7-20-17(10-13)27-2/h6-7,10-12,14H,3-5,8-9H2,1-2H3,(H,21,26)(H2,22,23,24,25)/t12-,14+/m1/s1. The third kappa shape index (κ3) is 4.99. The number of amides is 2. The number of aromatic amines is 1. The molecule has 0 aliphatic heterocycles. The van der Waals surface area contributed by atoms with Gasteiger partial charge in [-0.1, -0.05) is 6.92 Å². The molecule has 1 aliphatic rings. The minimum absolute atomic E-state index is 0.0833. The van der Waals surface area contributed by atoms with Crippen molar-refractivity contribution in [3.8, 4) is 5.88 Å². The molecule has 2 aromatic heterocycles. The van der Waals surface area contributed by atoms with Crippen LogP contribution in [0.5, 0.6) is 5.88 Å². The van der Waals surface area contributed by atoms with Gasteiger partial charge < -0.3 is 20.1 Å². The van der Waals surface area contributed by atoms with E-state index in [9.17, 15) is 9.59 Å². The molecule has 1 saturated carbocycles. The van der Waals surface area contributed by atoms with Gasteiger partial charge in [0.2, 0.25) is 5.88 Å². The first-order chi connectivity index (χ1) is 13.6. The second-order valence-electron chi connectivity index (χ2n) is 6.74. The average molecular weight is 387 g/mol. The molecule has 9 heteroatoms. The second kappa shape index (κ2) is 9.20. The van der Waals surface area contributed by atoms with Crippen molar-refractivity contribution < 1.29 is 19.1 Å². The smallest absolute Gasteiger partial charge is 0.407 e. The topological polar surface area (TPSA) is 118 Å². The van der Waals surface area contributed by atoms with E-state index in [1.54, 1.807) is 12.1 Å². The Morgan fingerprint density at radius 2 is 2.18 bits per heavy atom. The summed E-state index contributed by atoms with van der Waals surface area (Å²) in [5.74, 6) is 0.783. The molecule has 0 aromatic carbocycles. The van der Waals surface area contributed by atoms with Crippen LogP contribution in [0.15, 0.2) is 24.4 Å². The normalized spacial score (nSPS) is 18.5. The van der Waals surface area contributed by atoms with Crippen molar-refractivity contribution in [3.63, 3.8) is 0 Å². The summed E-state index contributed by atoms with van der Waals surface area (Å²) in [6.07, 6.45) is 4.56. The van der Waals surface area contributed by atoms with Gasteiger partial charge in [0.05, 0.1) is 13.7 Å². The molecule has 0 bridgehead atoms. The number of pyridine rings is 1. The largest absolute Gasteiger partial charge is 0.481 e. The van der Waals surface area contributed by atoms with Crippen LogP contribution in [0.25, 0.3) is 0 Å². The average Bonchev–Trinajstić information content (AvgIpc) is 3.35. The number of alkyl carbamates (subject to hydrolysis) is 1. The first-order valence-electron chi connectivity index (χ1n) is 9.39. The number of carbonyl (C=O) groups is 2. The number of ether oxygens (including phenoxy) is 2. The van der Waals surface area contributed by atoms with Crippen molar-refractivity contribution in [2.45, 2.75) is 44.6 Å². The quantitative estimate of drug-likeness (QED) is 0.672. The number of carbonyl (C=O) groups excluding carboxylic acids is 2. The van der Waals surface area contributed by atoms with E-state index < -0.39 is 0 Å². The van der Waals surface area contributed by atoms with Gasteiger partial charge in [0.1, 0.15) is 0 Å². The Bertz CT molecular complexity index is 822. The number of rotatable bonds is 7. The van der Waals surface area contributed by atoms with Gasteiger partial charge in [0, 0.05) is 41.5 Å². The first kappa shape index (κ1) is 19.7. The summed E-state index contributed by atoms with van der Waals surface area (Å²) in [6.45, 7) is 2.38. The highest BCUT2D eigenvalue weighted by molar-refractivity contribution is 6.03. The number of H-pyrrole nitrogens is 1. The summed E-state index contributed by atoms with van der Waals surface area (Å²) in [4.78, 5) is 28.0. The number of nitrogens with zero attached hydrogens (tertiary/aromatic N) is 2. The molecule has 0 saturated heterocycles. The van der Waals surface area contributed by atoms with E-state index in [1.165, 1.54) is 13.3 Å². The molecule has 2 atom stereocenters. The van der Waals surface area contributed by atoms with E-state index in [2.05, 4.69) is 25.8 Å². The lowest BCUT2D eigenvalue weighted by molar-refractivity contribution is 0.102. The van der Waals surface area contributed by atoms with Crippen molar-refractivity contribution in [2.24, 2.45) is 0 Å². The predicted molar refractivity (Wildman–Crippen MR) is 102 cm³/mol. The van der Waals surface area contributed by atoms with E-state index in [4.69, 9.17) is 9.47 Å². The van der Waals surface area contributed by atoms with E-state index in [0.29, 0.717) is 23.9 Å². The maximum absolute atomic E-state index is 12.4. The lowest BCUT2D eigenvalue weighted by Gasteiger charge is -2.12. The van der Waals surface area contributed by atoms with Crippen molar-refractivity contribution >= 4 is 17.8 Å². The fourth-order valence-corrected chi connectivity index (χ4v) is 3.26. The monoisotopic (exact) mass is 387 g/mol. The van der Waals surface area contributed by atoms with Crippen LogP contribution in [-0.4, -0.2) is 46.9 Å². The second-order valence-corrected chi connectivity index (χ2v) is 6.74. The number of nitrogens with one attached hydrogen (secondary N) is 3. The Morgan fingerprint density at radius 3 is 2.96 bits per heavy atom. The van der Waals surface area contributed by atoms with E-state index in [0.717, 1.165) is 31.4 Å². The third-order valence-electron chi connectivity index (χ3n) is 4.68. The van der Waals surface area contributed by atoms with E-state index in [1.807, 2.05) is 13.0 Å². The summed E-state index contributed by atoms with van der Waals surface area (Å²) in [7, 11) is 1.50. The highest BCUT2D eigenvalue weighted by atomic mass is 16.5. The SMILES string of the molecule is CCCOC(=O)N[C@H]1CC[C@@H](c2cc(NC(=O)c3ccnc(OC)c3)n[nH]2)C1. The summed E-state index contributed by atoms with van der Waals surface area (Å²) < 4.78 is 10.1. The molecule has 2 heterocycles. The van der Waals surface area contributed by atoms with Crippen LogP contribution < -0.4 is 15.4 Å². The highest BCUT2D eigenvalue weighted by Crippen LogP contribution is 2.34. The number of anilines is 1. The van der Waals surface area contributed by atoms with Crippen LogP contribution in [0, 0.1) is 0 Å². The molecule has 2 aromatic rings. The highest BCUT2D eigenvalue weighted by Gasteiger charge is 2.28. The maximum atomic E-state index is 12.4. The Labute approximate surface area is 163 Å². The molecule has 9 nitrogen and oxygen atoms in total. The zero-order valence-corrected chi connectivity index (χ0v) is 16.0. The molecule has 1 aliphatic carbocycles. The van der Waals surface area contributed by atoms with Crippen LogP contribution in [0.1, 0.15) is 54.6 Å². The van der Waals surface area contributed by atoms with E-state index in [-0.39, 0.29) is 24.0 Å². The Balaban J connectivity index is 1.54. The van der Waals surface area contributed by atoms with Gasteiger partial charge in [-0.2, -0.15) is 5.10 Å². The van der Waals surface area contributed by atoms with Crippen LogP contribution in [0.3, 0.4) is 0 Å². The molecule has 0 spiro atoms. The summed E-state index contributed by atoms with van der Waals surface area (Å²) in [6, 6.07) is 5.09. The van der Waals surface area contributed by atoms with E-state index >= 15 is 0 Å². The Hall–Kier alpha value is -3.10. The lowest BCUT2D eigenvalue weighted by atomic mass is 10.0. The summed E-state index contributed by atoms with van der Waals surface area (Å²) in [5.41, 5.74) is 1.38. The predicted octanol–water partition coefficient (Wildman–Crippen LogP) is 2.84. The molecule has 2 amide bonds.